The monoisotopic (exact) mass is 387 g/mol. The van der Waals surface area contributed by atoms with Crippen LogP contribution in [-0.4, -0.2) is 60.8 Å². The number of hydrogen-bond acceptors (Lipinski definition) is 5. The van der Waals surface area contributed by atoms with Crippen molar-refractivity contribution in [1.29, 1.82) is 0 Å². The Kier molecular flexibility index (Phi) is 9.28. The summed E-state index contributed by atoms with van der Waals surface area (Å²) >= 11 is 0. The fourth-order valence-corrected chi connectivity index (χ4v) is 2.81. The first kappa shape index (κ1) is 22.2. The van der Waals surface area contributed by atoms with Gasteiger partial charge in [-0.2, -0.15) is 0 Å². The van der Waals surface area contributed by atoms with E-state index < -0.39 is 0 Å². The third-order valence-electron chi connectivity index (χ3n) is 4.41. The van der Waals surface area contributed by atoms with E-state index in [0.717, 1.165) is 17.0 Å². The van der Waals surface area contributed by atoms with Gasteiger partial charge in [0.05, 0.1) is 33.0 Å². The first-order valence-corrected chi connectivity index (χ1v) is 9.68. The number of methoxy groups -OCH3 is 1. The topological polar surface area (TPSA) is 40.2 Å². The van der Waals surface area contributed by atoms with E-state index in [0.29, 0.717) is 39.6 Å². The highest BCUT2D eigenvalue weighted by Crippen LogP contribution is 2.32. The van der Waals surface area contributed by atoms with Gasteiger partial charge in [-0.05, 0) is 42.7 Å². The van der Waals surface area contributed by atoms with Crippen molar-refractivity contribution in [2.24, 2.45) is 0 Å². The average molecular weight is 388 g/mol. The molecule has 0 aliphatic carbocycles. The quantitative estimate of drug-likeness (QED) is 0.513. The molecule has 5 heteroatoms. The van der Waals surface area contributed by atoms with Gasteiger partial charge in [0.25, 0.3) is 0 Å². The zero-order valence-corrected chi connectivity index (χ0v) is 17.8. The summed E-state index contributed by atoms with van der Waals surface area (Å²) in [7, 11) is 5.74. The number of rotatable bonds is 12. The molecule has 0 N–H and O–H groups in total. The highest BCUT2D eigenvalue weighted by Gasteiger charge is 2.08. The van der Waals surface area contributed by atoms with Crippen LogP contribution in [0.1, 0.15) is 11.1 Å². The Labute approximate surface area is 169 Å². The van der Waals surface area contributed by atoms with E-state index in [1.165, 1.54) is 16.7 Å². The van der Waals surface area contributed by atoms with Crippen molar-refractivity contribution in [3.05, 3.63) is 47.5 Å². The van der Waals surface area contributed by atoms with Crippen molar-refractivity contribution in [1.82, 2.24) is 0 Å². The molecule has 0 saturated carbocycles. The Bertz CT molecular complexity index is 731. The molecule has 2 aromatic carbocycles. The number of anilines is 1. The molecule has 0 aliphatic rings. The highest BCUT2D eigenvalue weighted by molar-refractivity contribution is 5.73. The number of hydrogen-bond donors (Lipinski definition) is 0. The summed E-state index contributed by atoms with van der Waals surface area (Å²) in [5, 5.41) is 0. The van der Waals surface area contributed by atoms with Crippen LogP contribution < -0.4 is 9.64 Å². The minimum Gasteiger partial charge on any atom is -0.491 e. The van der Waals surface area contributed by atoms with Crippen molar-refractivity contribution in [3.63, 3.8) is 0 Å². The molecule has 0 bridgehead atoms. The molecule has 0 unspecified atom stereocenters. The summed E-state index contributed by atoms with van der Waals surface area (Å²) in [6, 6.07) is 12.9. The van der Waals surface area contributed by atoms with E-state index in [9.17, 15) is 0 Å². The Morgan fingerprint density at radius 1 is 0.786 bits per heavy atom. The number of nitrogens with zero attached hydrogens (tertiary/aromatic N) is 1. The highest BCUT2D eigenvalue weighted by atomic mass is 16.6. The van der Waals surface area contributed by atoms with E-state index >= 15 is 0 Å². The molecule has 0 radical (unpaired) electrons. The van der Waals surface area contributed by atoms with Crippen molar-refractivity contribution >= 4 is 5.69 Å². The van der Waals surface area contributed by atoms with Crippen LogP contribution >= 0.6 is 0 Å². The van der Waals surface area contributed by atoms with E-state index in [-0.39, 0.29) is 0 Å². The molecule has 0 saturated heterocycles. The van der Waals surface area contributed by atoms with Gasteiger partial charge >= 0.3 is 0 Å². The van der Waals surface area contributed by atoms with Crippen molar-refractivity contribution in [3.8, 4) is 16.9 Å². The smallest absolute Gasteiger partial charge is 0.122 e. The van der Waals surface area contributed by atoms with Crippen molar-refractivity contribution in [2.45, 2.75) is 13.8 Å². The standard InChI is InChI=1S/C23H33NO4/c1-18-6-7-19(2)23(14-18)20-15-21(24(3)4)17-22(16-20)28-13-12-27-11-10-26-9-8-25-5/h6-7,14-17H,8-13H2,1-5H3. The SMILES string of the molecule is COCCOCCOCCOc1cc(-c2cc(C)ccc2C)cc(N(C)C)c1. The first-order valence-electron chi connectivity index (χ1n) is 9.68. The molecule has 0 aliphatic heterocycles. The summed E-state index contributed by atoms with van der Waals surface area (Å²) in [5.41, 5.74) is 6.01. The van der Waals surface area contributed by atoms with Gasteiger partial charge < -0.3 is 23.8 Å². The third kappa shape index (κ3) is 7.15. The van der Waals surface area contributed by atoms with Crippen LogP contribution in [0.3, 0.4) is 0 Å². The van der Waals surface area contributed by atoms with E-state index in [4.69, 9.17) is 18.9 Å². The van der Waals surface area contributed by atoms with Crippen LogP contribution in [0.5, 0.6) is 5.75 Å². The zero-order chi connectivity index (χ0) is 20.4. The summed E-state index contributed by atoms with van der Waals surface area (Å²) < 4.78 is 21.8. The predicted octanol–water partition coefficient (Wildman–Crippen LogP) is 4.09. The minimum absolute atomic E-state index is 0.501. The molecule has 2 rings (SSSR count). The molecule has 2 aromatic rings. The molecule has 0 amide bonds. The molecular formula is C23H33NO4. The second-order valence-electron chi connectivity index (χ2n) is 6.99. The maximum absolute atomic E-state index is 5.96. The summed E-state index contributed by atoms with van der Waals surface area (Å²) in [6.45, 7) is 7.60. The molecule has 28 heavy (non-hydrogen) atoms. The molecule has 0 heterocycles. The molecule has 0 aromatic heterocycles. The van der Waals surface area contributed by atoms with Crippen LogP contribution in [0, 0.1) is 13.8 Å². The van der Waals surface area contributed by atoms with Gasteiger partial charge in [0.1, 0.15) is 12.4 Å². The zero-order valence-electron chi connectivity index (χ0n) is 17.8. The minimum atomic E-state index is 0.501. The third-order valence-corrected chi connectivity index (χ3v) is 4.41. The lowest BCUT2D eigenvalue weighted by molar-refractivity contribution is 0.0180. The average Bonchev–Trinajstić information content (AvgIpc) is 2.68. The number of ether oxygens (including phenoxy) is 4. The van der Waals surface area contributed by atoms with Gasteiger partial charge in [0, 0.05) is 33.0 Å². The van der Waals surface area contributed by atoms with Crippen LogP contribution in [0.2, 0.25) is 0 Å². The largest absolute Gasteiger partial charge is 0.491 e. The Balaban J connectivity index is 1.95. The second kappa shape index (κ2) is 11.7. The van der Waals surface area contributed by atoms with Crippen LogP contribution in [0.15, 0.2) is 36.4 Å². The lowest BCUT2D eigenvalue weighted by Gasteiger charge is -2.18. The summed E-state index contributed by atoms with van der Waals surface area (Å²) in [5.74, 6) is 0.849. The Hall–Kier alpha value is -2.08. The van der Waals surface area contributed by atoms with Gasteiger partial charge in [0.2, 0.25) is 0 Å². The van der Waals surface area contributed by atoms with Crippen LogP contribution in [0.4, 0.5) is 5.69 Å². The molecule has 0 spiro atoms. The lowest BCUT2D eigenvalue weighted by Crippen LogP contribution is -2.13. The summed E-state index contributed by atoms with van der Waals surface area (Å²) in [6.07, 6.45) is 0. The maximum atomic E-state index is 5.96. The van der Waals surface area contributed by atoms with Gasteiger partial charge in [-0.3, -0.25) is 0 Å². The predicted molar refractivity (Wildman–Crippen MR) is 115 cm³/mol. The Morgan fingerprint density at radius 2 is 1.46 bits per heavy atom. The molecule has 0 fully saturated rings. The normalized spacial score (nSPS) is 10.9. The van der Waals surface area contributed by atoms with Crippen LogP contribution in [-0.2, 0) is 14.2 Å². The van der Waals surface area contributed by atoms with Crippen molar-refractivity contribution < 1.29 is 18.9 Å². The van der Waals surface area contributed by atoms with Crippen LogP contribution in [0.25, 0.3) is 11.1 Å². The number of benzene rings is 2. The van der Waals surface area contributed by atoms with Crippen molar-refractivity contribution in [2.75, 3.05) is 65.7 Å². The molecule has 0 atom stereocenters. The van der Waals surface area contributed by atoms with Gasteiger partial charge in [-0.15, -0.1) is 0 Å². The number of aryl methyl sites for hydroxylation is 2. The molecule has 5 nitrogen and oxygen atoms in total. The second-order valence-corrected chi connectivity index (χ2v) is 6.99. The fourth-order valence-electron chi connectivity index (χ4n) is 2.81. The fraction of sp³-hybridized carbons (Fsp3) is 0.478. The van der Waals surface area contributed by atoms with Gasteiger partial charge in [-0.25, -0.2) is 0 Å². The van der Waals surface area contributed by atoms with E-state index in [1.807, 2.05) is 14.1 Å². The first-order chi connectivity index (χ1) is 13.5. The summed E-state index contributed by atoms with van der Waals surface area (Å²) in [4.78, 5) is 2.09. The van der Waals surface area contributed by atoms with Gasteiger partial charge in [-0.1, -0.05) is 23.8 Å². The Morgan fingerprint density at radius 3 is 2.14 bits per heavy atom. The van der Waals surface area contributed by atoms with E-state index in [2.05, 4.69) is 55.1 Å². The maximum Gasteiger partial charge on any atom is 0.122 e. The molecule has 154 valence electrons. The molecular weight excluding hydrogens is 354 g/mol. The van der Waals surface area contributed by atoms with Gasteiger partial charge in [0.15, 0.2) is 0 Å². The lowest BCUT2D eigenvalue weighted by atomic mass is 9.97. The van der Waals surface area contributed by atoms with E-state index in [1.54, 1.807) is 7.11 Å².